The average molecular weight is 354 g/mol. The van der Waals surface area contributed by atoms with E-state index in [9.17, 15) is 13.2 Å². The Labute approximate surface area is 143 Å². The van der Waals surface area contributed by atoms with Gasteiger partial charge >= 0.3 is 0 Å². The number of hydrogen-bond acceptors (Lipinski definition) is 4. The molecule has 3 rings (SSSR count). The lowest BCUT2D eigenvalue weighted by atomic mass is 10.1. The lowest BCUT2D eigenvalue weighted by molar-refractivity contribution is -0.132. The zero-order valence-corrected chi connectivity index (χ0v) is 15.1. The summed E-state index contributed by atoms with van der Waals surface area (Å²) in [7, 11) is -3.24. The van der Waals surface area contributed by atoms with E-state index in [1.54, 1.807) is 4.90 Å². The second-order valence-electron chi connectivity index (χ2n) is 7.19. The average Bonchev–Trinajstić information content (AvgIpc) is 3.05. The van der Waals surface area contributed by atoms with Gasteiger partial charge in [-0.2, -0.15) is 0 Å². The minimum Gasteiger partial charge on any atom is -0.466 e. The highest BCUT2D eigenvalue weighted by Crippen LogP contribution is 2.47. The summed E-state index contributed by atoms with van der Waals surface area (Å²) < 4.78 is 31.1. The third kappa shape index (κ3) is 4.60. The minimum atomic E-state index is -3.24. The number of nitrogens with one attached hydrogen (secondary N) is 1. The Morgan fingerprint density at radius 1 is 1.42 bits per heavy atom. The molecule has 1 aliphatic heterocycles. The van der Waals surface area contributed by atoms with Crippen LogP contribution in [0.25, 0.3) is 0 Å². The second-order valence-corrected chi connectivity index (χ2v) is 8.97. The van der Waals surface area contributed by atoms with Crippen molar-refractivity contribution in [3.63, 3.8) is 0 Å². The summed E-state index contributed by atoms with van der Waals surface area (Å²) in [6.07, 6.45) is 4.94. The van der Waals surface area contributed by atoms with Crippen molar-refractivity contribution in [3.8, 4) is 0 Å². The molecule has 7 heteroatoms. The van der Waals surface area contributed by atoms with Crippen LogP contribution in [-0.4, -0.2) is 44.6 Å². The van der Waals surface area contributed by atoms with Crippen molar-refractivity contribution >= 4 is 15.9 Å². The molecule has 3 atom stereocenters. The molecule has 0 spiro atoms. The van der Waals surface area contributed by atoms with Crippen LogP contribution in [-0.2, 0) is 21.2 Å². The number of carbonyl (C=O) groups excluding carboxylic acids is 1. The van der Waals surface area contributed by atoms with Gasteiger partial charge in [0.05, 0.1) is 6.26 Å². The summed E-state index contributed by atoms with van der Waals surface area (Å²) in [5.74, 6) is 3.23. The van der Waals surface area contributed by atoms with E-state index in [0.29, 0.717) is 37.8 Å². The van der Waals surface area contributed by atoms with E-state index in [1.165, 1.54) is 6.42 Å². The van der Waals surface area contributed by atoms with Crippen LogP contribution in [0, 0.1) is 5.92 Å². The van der Waals surface area contributed by atoms with Crippen LogP contribution in [0.2, 0.25) is 0 Å². The van der Waals surface area contributed by atoms with Crippen LogP contribution in [0.1, 0.15) is 50.0 Å². The van der Waals surface area contributed by atoms with Crippen LogP contribution in [0.15, 0.2) is 16.5 Å². The van der Waals surface area contributed by atoms with Gasteiger partial charge in [0, 0.05) is 37.9 Å². The van der Waals surface area contributed by atoms with Crippen molar-refractivity contribution in [2.45, 2.75) is 51.0 Å². The first-order chi connectivity index (χ1) is 11.3. The number of furan rings is 1. The largest absolute Gasteiger partial charge is 0.466 e. The Kier molecular flexibility index (Phi) is 5.01. The molecule has 2 aliphatic rings. The number of carbonyl (C=O) groups is 1. The van der Waals surface area contributed by atoms with Crippen molar-refractivity contribution in [2.24, 2.45) is 5.92 Å². The second kappa shape index (κ2) is 6.88. The molecule has 134 valence electrons. The lowest BCUT2D eigenvalue weighted by Crippen LogP contribution is -2.49. The maximum absolute atomic E-state index is 12.4. The Balaban J connectivity index is 1.48. The lowest BCUT2D eigenvalue weighted by Gasteiger charge is -2.32. The first-order valence-corrected chi connectivity index (χ1v) is 10.5. The summed E-state index contributed by atoms with van der Waals surface area (Å²) >= 11 is 0. The maximum Gasteiger partial charge on any atom is 0.223 e. The number of amides is 1. The van der Waals surface area contributed by atoms with E-state index in [2.05, 4.69) is 11.6 Å². The van der Waals surface area contributed by atoms with Crippen LogP contribution >= 0.6 is 0 Å². The summed E-state index contributed by atoms with van der Waals surface area (Å²) in [4.78, 5) is 14.2. The van der Waals surface area contributed by atoms with Crippen LogP contribution in [0.3, 0.4) is 0 Å². The SMILES string of the molecule is CC1CC1c1ccc(CCC(=O)N2CCCC(NS(C)(=O)=O)C2)o1. The third-order valence-corrected chi connectivity index (χ3v) is 5.66. The number of piperidine rings is 1. The molecular formula is C17H26N2O4S. The fourth-order valence-corrected chi connectivity index (χ4v) is 4.24. The van der Waals surface area contributed by atoms with Gasteiger partial charge in [0.2, 0.25) is 15.9 Å². The van der Waals surface area contributed by atoms with Gasteiger partial charge in [0.25, 0.3) is 0 Å². The van der Waals surface area contributed by atoms with Crippen molar-refractivity contribution < 1.29 is 17.6 Å². The molecule has 6 nitrogen and oxygen atoms in total. The van der Waals surface area contributed by atoms with Crippen LogP contribution in [0.5, 0.6) is 0 Å². The highest BCUT2D eigenvalue weighted by Gasteiger charge is 2.36. The third-order valence-electron chi connectivity index (χ3n) is 4.90. The normalized spacial score (nSPS) is 27.2. The molecule has 1 aliphatic carbocycles. The van der Waals surface area contributed by atoms with Gasteiger partial charge in [-0.15, -0.1) is 0 Å². The summed E-state index contributed by atoms with van der Waals surface area (Å²) in [6.45, 7) is 3.37. The number of rotatable bonds is 6. The first-order valence-electron chi connectivity index (χ1n) is 8.65. The molecule has 1 aromatic rings. The van der Waals surface area contributed by atoms with Crippen molar-refractivity contribution in [3.05, 3.63) is 23.7 Å². The molecule has 1 aromatic heterocycles. The van der Waals surface area contributed by atoms with Crippen molar-refractivity contribution in [1.29, 1.82) is 0 Å². The highest BCUT2D eigenvalue weighted by molar-refractivity contribution is 7.88. The zero-order valence-electron chi connectivity index (χ0n) is 14.3. The zero-order chi connectivity index (χ0) is 17.3. The first kappa shape index (κ1) is 17.5. The molecule has 1 saturated carbocycles. The van der Waals surface area contributed by atoms with Gasteiger partial charge in [-0.25, -0.2) is 13.1 Å². The predicted molar refractivity (Wildman–Crippen MR) is 91.1 cm³/mol. The molecule has 1 saturated heterocycles. The quantitative estimate of drug-likeness (QED) is 0.846. The van der Waals surface area contributed by atoms with Gasteiger partial charge in [0.1, 0.15) is 11.5 Å². The number of hydrogen-bond donors (Lipinski definition) is 1. The number of likely N-dealkylation sites (tertiary alicyclic amines) is 1. The van der Waals surface area contributed by atoms with Gasteiger partial charge in [-0.3, -0.25) is 4.79 Å². The molecule has 3 unspecified atom stereocenters. The van der Waals surface area contributed by atoms with E-state index in [-0.39, 0.29) is 11.9 Å². The van der Waals surface area contributed by atoms with E-state index in [4.69, 9.17) is 4.42 Å². The van der Waals surface area contributed by atoms with Gasteiger partial charge in [-0.05, 0) is 37.3 Å². The van der Waals surface area contributed by atoms with E-state index in [0.717, 1.165) is 30.6 Å². The molecule has 0 radical (unpaired) electrons. The van der Waals surface area contributed by atoms with Crippen LogP contribution in [0.4, 0.5) is 0 Å². The molecular weight excluding hydrogens is 328 g/mol. The Morgan fingerprint density at radius 2 is 2.17 bits per heavy atom. The predicted octanol–water partition coefficient (Wildman–Crippen LogP) is 1.88. The molecule has 0 aromatic carbocycles. The topological polar surface area (TPSA) is 79.6 Å². The van der Waals surface area contributed by atoms with Gasteiger partial charge in [0.15, 0.2) is 0 Å². The molecule has 0 bridgehead atoms. The molecule has 1 N–H and O–H groups in total. The smallest absolute Gasteiger partial charge is 0.223 e. The van der Waals surface area contributed by atoms with E-state index < -0.39 is 10.0 Å². The standard InChI is InChI=1S/C17H26N2O4S/c1-12-10-15(12)16-7-5-14(23-16)6-8-17(20)19-9-3-4-13(11-19)18-24(2,21)22/h5,7,12-13,15,18H,3-4,6,8-11H2,1-2H3. The highest BCUT2D eigenvalue weighted by atomic mass is 32.2. The number of nitrogens with zero attached hydrogens (tertiary/aromatic N) is 1. The summed E-state index contributed by atoms with van der Waals surface area (Å²) in [6, 6.07) is 3.82. The molecule has 2 fully saturated rings. The van der Waals surface area contributed by atoms with Crippen molar-refractivity contribution in [2.75, 3.05) is 19.3 Å². The van der Waals surface area contributed by atoms with E-state index >= 15 is 0 Å². The minimum absolute atomic E-state index is 0.0627. The van der Waals surface area contributed by atoms with E-state index in [1.807, 2.05) is 12.1 Å². The van der Waals surface area contributed by atoms with Gasteiger partial charge in [-0.1, -0.05) is 6.92 Å². The maximum atomic E-state index is 12.4. The Morgan fingerprint density at radius 3 is 2.83 bits per heavy atom. The van der Waals surface area contributed by atoms with Crippen molar-refractivity contribution in [1.82, 2.24) is 9.62 Å². The summed E-state index contributed by atoms with van der Waals surface area (Å²) in [5.41, 5.74) is 0. The number of sulfonamides is 1. The van der Waals surface area contributed by atoms with Crippen LogP contribution < -0.4 is 4.72 Å². The Bertz CT molecular complexity index is 697. The summed E-state index contributed by atoms with van der Waals surface area (Å²) in [5, 5.41) is 0. The molecule has 24 heavy (non-hydrogen) atoms. The Hall–Kier alpha value is -1.34. The monoisotopic (exact) mass is 354 g/mol. The fourth-order valence-electron chi connectivity index (χ4n) is 3.44. The number of aryl methyl sites for hydroxylation is 1. The fraction of sp³-hybridized carbons (Fsp3) is 0.706. The molecule has 1 amide bonds. The molecule has 2 heterocycles. The van der Waals surface area contributed by atoms with Gasteiger partial charge < -0.3 is 9.32 Å².